The number of hydrogen-bond acceptors (Lipinski definition) is 4. The molecule has 8 aromatic rings. The molecule has 0 bridgehead atoms. The number of hydrogen-bond donors (Lipinski definition) is 0. The van der Waals surface area contributed by atoms with E-state index in [1.54, 1.807) is 24.8 Å². The molecule has 7 heteroatoms. The second-order valence-corrected chi connectivity index (χ2v) is 35.8. The molecule has 254 valence electrons. The van der Waals surface area contributed by atoms with Gasteiger partial charge in [-0.15, -0.1) is 0 Å². The normalized spacial score (nSPS) is 12.8. The third-order valence-corrected chi connectivity index (χ3v) is 33.5. The van der Waals surface area contributed by atoms with Gasteiger partial charge in [0.1, 0.15) is 0 Å². The van der Waals surface area contributed by atoms with E-state index in [0.717, 1.165) is 61.3 Å². The fraction of sp³-hybridized carbons (Fsp3) is 0. The van der Waals surface area contributed by atoms with Crippen LogP contribution in [0.5, 0.6) is 0 Å². The molecule has 0 aliphatic heterocycles. The molecule has 0 amide bonds. The van der Waals surface area contributed by atoms with E-state index in [1.165, 1.54) is 0 Å². The van der Waals surface area contributed by atoms with Crippen molar-refractivity contribution < 1.29 is 10.8 Å². The Bertz CT molecular complexity index is 2140. The van der Waals surface area contributed by atoms with Gasteiger partial charge in [0.25, 0.3) is 0 Å². The maximum absolute atomic E-state index is 9.42. The minimum absolute atomic E-state index is 0.754. The van der Waals surface area contributed by atoms with Crippen LogP contribution in [-0.2, 0) is 10.8 Å². The van der Waals surface area contributed by atoms with Gasteiger partial charge in [-0.1, -0.05) is 0 Å². The van der Waals surface area contributed by atoms with Crippen molar-refractivity contribution in [2.24, 2.45) is 0 Å². The Balaban J connectivity index is 1.72. The Kier molecular flexibility index (Phi) is 8.25. The molecule has 0 N–H and O–H groups in total. The van der Waals surface area contributed by atoms with Crippen LogP contribution in [0.1, 0.15) is 0 Å². The van der Waals surface area contributed by atoms with E-state index < -0.39 is 10.8 Å². The molecule has 0 saturated carbocycles. The third kappa shape index (κ3) is 5.08. The molecule has 0 aliphatic rings. The van der Waals surface area contributed by atoms with Crippen molar-refractivity contribution in [2.45, 2.75) is 0 Å². The van der Waals surface area contributed by atoms with Crippen molar-refractivity contribution in [1.29, 1.82) is 0 Å². The van der Waals surface area contributed by atoms with Gasteiger partial charge >= 0.3 is 306 Å². The van der Waals surface area contributed by atoms with Crippen LogP contribution < -0.4 is 16.3 Å². The number of rotatable bonds is 8. The second kappa shape index (κ2) is 12.8. The molecule has 0 spiro atoms. The number of benzene rings is 4. The van der Waals surface area contributed by atoms with E-state index in [0.29, 0.717) is 0 Å². The molecule has 8 rings (SSSR count). The number of nitrogens with zero attached hydrogens (tertiary/aromatic N) is 4. The zero-order valence-corrected chi connectivity index (χ0v) is 31.3. The summed E-state index contributed by atoms with van der Waals surface area (Å²) >= 11 is 0. The molecule has 4 aromatic heterocycles. The van der Waals surface area contributed by atoms with Crippen LogP contribution in [0, 0.1) is 0 Å². The summed E-state index contributed by atoms with van der Waals surface area (Å²) in [5.41, 5.74) is 6.33. The van der Waals surface area contributed by atoms with Gasteiger partial charge in [0.05, 0.1) is 0 Å². The van der Waals surface area contributed by atoms with E-state index in [-0.39, 0.29) is 0 Å². The fourth-order valence-corrected chi connectivity index (χ4v) is 30.3. The third-order valence-electron chi connectivity index (χ3n) is 8.80. The summed E-state index contributed by atoms with van der Waals surface area (Å²) in [6.45, 7) is 0. The van der Waals surface area contributed by atoms with Gasteiger partial charge in [0.2, 0.25) is 0 Å². The Hall–Kier alpha value is -5.29. The van der Waals surface area contributed by atoms with Crippen molar-refractivity contribution in [1.82, 2.24) is 19.9 Å². The van der Waals surface area contributed by atoms with Gasteiger partial charge in [-0.25, -0.2) is 0 Å². The van der Waals surface area contributed by atoms with Crippen molar-refractivity contribution in [3.8, 4) is 45.0 Å². The van der Waals surface area contributed by atoms with Crippen LogP contribution in [0.3, 0.4) is 0 Å². The molecule has 0 radical (unpaired) electrons. The first-order valence-electron chi connectivity index (χ1n) is 16.3. The molecule has 0 atom stereocenters. The van der Waals surface area contributed by atoms with E-state index in [9.17, 15) is 19.2 Å². The van der Waals surface area contributed by atoms with Crippen LogP contribution in [0.2, 0.25) is 0 Å². The minimum atomic E-state index is -6.86. The molecule has 4 aromatic carbocycles. The Morgan fingerprint density at radius 1 is 0.275 bits per heavy atom. The number of halogens is 2. The summed E-state index contributed by atoms with van der Waals surface area (Å²) in [6, 6.07) is 56.4. The van der Waals surface area contributed by atoms with Gasteiger partial charge in [0, 0.05) is 0 Å². The monoisotopic (exact) mass is 879 g/mol. The standard InChI is InChI=1S/4C11H8N.2ClH.Ir/c4*1-2-6-10(7-3-1)11-8-4-5-9-12-11;;;/h4*1-6,8-9H;2*1H;/q;;;;;;-1/p-2. The van der Waals surface area contributed by atoms with Crippen LogP contribution in [0.25, 0.3) is 45.0 Å². The Morgan fingerprint density at radius 2 is 0.490 bits per heavy atom. The molecular formula is C44H32Cl2IrN4-3. The van der Waals surface area contributed by atoms with E-state index in [2.05, 4.69) is 48.5 Å². The van der Waals surface area contributed by atoms with Gasteiger partial charge in [-0.3, -0.25) is 0 Å². The molecule has 0 unspecified atom stereocenters. The average Bonchev–Trinajstić information content (AvgIpc) is 3.22. The molecule has 4 nitrogen and oxygen atoms in total. The predicted octanol–water partition coefficient (Wildman–Crippen LogP) is 9.07. The van der Waals surface area contributed by atoms with Crippen LogP contribution >= 0.6 is 19.2 Å². The molecule has 0 aliphatic carbocycles. The van der Waals surface area contributed by atoms with Crippen molar-refractivity contribution in [3.05, 3.63) is 195 Å². The van der Waals surface area contributed by atoms with E-state index >= 15 is 0 Å². The first kappa shape index (κ1) is 32.9. The summed E-state index contributed by atoms with van der Waals surface area (Å²) in [7, 11) is 12.0. The summed E-state index contributed by atoms with van der Waals surface area (Å²) in [5.74, 6) is 0. The first-order chi connectivity index (χ1) is 25.0. The molecule has 51 heavy (non-hydrogen) atoms. The predicted molar refractivity (Wildman–Crippen MR) is 209 cm³/mol. The van der Waals surface area contributed by atoms with Gasteiger partial charge in [-0.05, 0) is 0 Å². The van der Waals surface area contributed by atoms with E-state index in [1.807, 2.05) is 121 Å². The second-order valence-electron chi connectivity index (χ2n) is 11.7. The molecule has 0 fully saturated rings. The topological polar surface area (TPSA) is 51.6 Å². The fourth-order valence-electron chi connectivity index (χ4n) is 6.60. The maximum atomic E-state index is 9.42. The van der Waals surface area contributed by atoms with Crippen LogP contribution in [0.4, 0.5) is 0 Å². The Labute approximate surface area is 304 Å². The van der Waals surface area contributed by atoms with Gasteiger partial charge in [0.15, 0.2) is 0 Å². The SMILES string of the molecule is [Cl][Ir-3]([Cl])([c]1ccccc1-c1ccccn1)([c]1ccccc1-c1ccccn1)([c]1ccccc1-c1ccccn1)[c]1ccccc1-c1ccccn1. The quantitative estimate of drug-likeness (QED) is 0.153. The van der Waals surface area contributed by atoms with Crippen molar-refractivity contribution >= 4 is 35.5 Å². The zero-order valence-electron chi connectivity index (χ0n) is 27.4. The summed E-state index contributed by atoms with van der Waals surface area (Å²) < 4.78 is 3.09. The number of pyridine rings is 4. The average molecular weight is 880 g/mol. The van der Waals surface area contributed by atoms with E-state index in [4.69, 9.17) is 19.9 Å². The Morgan fingerprint density at radius 3 is 0.706 bits per heavy atom. The summed E-state index contributed by atoms with van der Waals surface area (Å²) in [5, 5.41) is 0. The molecule has 4 heterocycles. The summed E-state index contributed by atoms with van der Waals surface area (Å²) in [4.78, 5) is 19.5. The van der Waals surface area contributed by atoms with Gasteiger partial charge < -0.3 is 0 Å². The van der Waals surface area contributed by atoms with Crippen molar-refractivity contribution in [2.75, 3.05) is 0 Å². The summed E-state index contributed by atoms with van der Waals surface area (Å²) in [6.07, 6.45) is 7.20. The zero-order chi connectivity index (χ0) is 34.8. The molecular weight excluding hydrogens is 848 g/mol. The first-order valence-corrected chi connectivity index (χ1v) is 27.0. The van der Waals surface area contributed by atoms with Crippen molar-refractivity contribution in [3.63, 3.8) is 0 Å². The molecule has 0 saturated heterocycles. The van der Waals surface area contributed by atoms with Crippen LogP contribution in [-0.4, -0.2) is 19.9 Å². The van der Waals surface area contributed by atoms with Crippen LogP contribution in [0.15, 0.2) is 195 Å². The van der Waals surface area contributed by atoms with Gasteiger partial charge in [-0.2, -0.15) is 0 Å². The number of aromatic nitrogens is 4.